The monoisotopic (exact) mass is 438 g/mol. The van der Waals surface area contributed by atoms with Gasteiger partial charge in [0.25, 0.3) is 0 Å². The second kappa shape index (κ2) is 9.15. The summed E-state index contributed by atoms with van der Waals surface area (Å²) < 4.78 is 0. The molecule has 0 aliphatic rings. The molecular formula is C34H30. The fourth-order valence-corrected chi connectivity index (χ4v) is 4.64. The van der Waals surface area contributed by atoms with Crippen LogP contribution in [-0.2, 0) is 0 Å². The van der Waals surface area contributed by atoms with Gasteiger partial charge in [0.05, 0.1) is 0 Å². The van der Waals surface area contributed by atoms with Gasteiger partial charge in [0.2, 0.25) is 0 Å². The topological polar surface area (TPSA) is 0 Å². The van der Waals surface area contributed by atoms with Crippen molar-refractivity contribution in [2.75, 3.05) is 0 Å². The minimum atomic E-state index is 1.25. The maximum atomic E-state index is 2.32. The lowest BCUT2D eigenvalue weighted by molar-refractivity contribution is 1.41. The molecule has 0 aromatic heterocycles. The summed E-state index contributed by atoms with van der Waals surface area (Å²) in [6.07, 6.45) is 0. The van der Waals surface area contributed by atoms with Gasteiger partial charge in [-0.3, -0.25) is 0 Å². The lowest BCUT2D eigenvalue weighted by Gasteiger charge is -2.16. The van der Waals surface area contributed by atoms with E-state index in [0.29, 0.717) is 0 Å². The van der Waals surface area contributed by atoms with E-state index in [1.165, 1.54) is 66.8 Å². The molecule has 0 spiro atoms. The van der Waals surface area contributed by atoms with E-state index in [1.54, 1.807) is 0 Å². The molecule has 5 aromatic rings. The average molecular weight is 439 g/mol. The van der Waals surface area contributed by atoms with Crippen molar-refractivity contribution in [3.63, 3.8) is 0 Å². The molecular weight excluding hydrogens is 408 g/mol. The Morgan fingerprint density at radius 3 is 1.44 bits per heavy atom. The molecule has 5 aromatic carbocycles. The Kier molecular flexibility index (Phi) is 5.90. The SMILES string of the molecule is Cc1ccc(-c2cccc(-c3ccc(C)cc3-c3ccc(-c4ccc(C)cc4)cc3C)c2)cc1. The third-order valence-corrected chi connectivity index (χ3v) is 6.64. The van der Waals surface area contributed by atoms with Crippen LogP contribution >= 0.6 is 0 Å². The van der Waals surface area contributed by atoms with Crippen molar-refractivity contribution in [1.82, 2.24) is 0 Å². The summed E-state index contributed by atoms with van der Waals surface area (Å²) >= 11 is 0. The molecule has 0 saturated heterocycles. The molecule has 5 rings (SSSR count). The van der Waals surface area contributed by atoms with Gasteiger partial charge in [-0.2, -0.15) is 0 Å². The van der Waals surface area contributed by atoms with Crippen molar-refractivity contribution < 1.29 is 0 Å². The fourth-order valence-electron chi connectivity index (χ4n) is 4.64. The number of benzene rings is 5. The van der Waals surface area contributed by atoms with Crippen LogP contribution in [0.1, 0.15) is 22.3 Å². The highest BCUT2D eigenvalue weighted by Crippen LogP contribution is 2.37. The van der Waals surface area contributed by atoms with Gasteiger partial charge in [0.15, 0.2) is 0 Å². The Bertz CT molecular complexity index is 1450. The molecule has 0 bridgehead atoms. The normalized spacial score (nSPS) is 10.9. The number of rotatable bonds is 4. The molecule has 0 atom stereocenters. The minimum Gasteiger partial charge on any atom is -0.0610 e. The van der Waals surface area contributed by atoms with E-state index in [1.807, 2.05) is 0 Å². The van der Waals surface area contributed by atoms with Gasteiger partial charge < -0.3 is 0 Å². The quantitative estimate of drug-likeness (QED) is 0.262. The highest BCUT2D eigenvalue weighted by molar-refractivity contribution is 5.87. The molecule has 0 N–H and O–H groups in total. The van der Waals surface area contributed by atoms with Crippen LogP contribution in [0.15, 0.2) is 109 Å². The van der Waals surface area contributed by atoms with Crippen LogP contribution in [0.2, 0.25) is 0 Å². The van der Waals surface area contributed by atoms with Crippen LogP contribution in [0.3, 0.4) is 0 Å². The first-order chi connectivity index (χ1) is 16.5. The van der Waals surface area contributed by atoms with Crippen LogP contribution in [-0.4, -0.2) is 0 Å². The van der Waals surface area contributed by atoms with E-state index in [9.17, 15) is 0 Å². The first kappa shape index (κ1) is 21.9. The Balaban J connectivity index is 1.59. The summed E-state index contributed by atoms with van der Waals surface area (Å²) in [7, 11) is 0. The summed E-state index contributed by atoms with van der Waals surface area (Å²) in [5.74, 6) is 0. The van der Waals surface area contributed by atoms with Crippen molar-refractivity contribution >= 4 is 0 Å². The molecule has 0 radical (unpaired) electrons. The lowest BCUT2D eigenvalue weighted by atomic mass is 9.88. The second-order valence-corrected chi connectivity index (χ2v) is 9.39. The number of hydrogen-bond acceptors (Lipinski definition) is 0. The molecule has 0 heteroatoms. The predicted molar refractivity (Wildman–Crippen MR) is 147 cm³/mol. The van der Waals surface area contributed by atoms with E-state index in [-0.39, 0.29) is 0 Å². The van der Waals surface area contributed by atoms with Crippen LogP contribution in [0, 0.1) is 27.7 Å². The van der Waals surface area contributed by atoms with E-state index in [0.717, 1.165) is 0 Å². The molecule has 166 valence electrons. The molecule has 34 heavy (non-hydrogen) atoms. The van der Waals surface area contributed by atoms with Crippen molar-refractivity contribution in [3.8, 4) is 44.5 Å². The average Bonchev–Trinajstić information content (AvgIpc) is 2.85. The van der Waals surface area contributed by atoms with Gasteiger partial charge in [-0.1, -0.05) is 120 Å². The van der Waals surface area contributed by atoms with Gasteiger partial charge in [0.1, 0.15) is 0 Å². The third kappa shape index (κ3) is 4.45. The summed E-state index contributed by atoms with van der Waals surface area (Å²) in [5.41, 5.74) is 15.2. The zero-order chi connectivity index (χ0) is 23.7. The second-order valence-electron chi connectivity index (χ2n) is 9.39. The van der Waals surface area contributed by atoms with Crippen molar-refractivity contribution in [2.24, 2.45) is 0 Å². The summed E-state index contributed by atoms with van der Waals surface area (Å²) in [6.45, 7) is 8.66. The van der Waals surface area contributed by atoms with Gasteiger partial charge in [-0.05, 0) is 83.8 Å². The fraction of sp³-hybridized carbons (Fsp3) is 0.118. The van der Waals surface area contributed by atoms with E-state index in [4.69, 9.17) is 0 Å². The van der Waals surface area contributed by atoms with E-state index < -0.39 is 0 Å². The highest BCUT2D eigenvalue weighted by Gasteiger charge is 2.12. The Morgan fingerprint density at radius 2 is 0.824 bits per heavy atom. The summed E-state index contributed by atoms with van der Waals surface area (Å²) in [6, 6.07) is 40.1. The zero-order valence-electron chi connectivity index (χ0n) is 20.4. The smallest absolute Gasteiger partial charge is 0.0100 e. The number of hydrogen-bond donors (Lipinski definition) is 0. The van der Waals surface area contributed by atoms with Crippen LogP contribution in [0.4, 0.5) is 0 Å². The third-order valence-electron chi connectivity index (χ3n) is 6.64. The largest absolute Gasteiger partial charge is 0.0610 e. The zero-order valence-corrected chi connectivity index (χ0v) is 20.4. The first-order valence-electron chi connectivity index (χ1n) is 11.9. The maximum absolute atomic E-state index is 2.32. The maximum Gasteiger partial charge on any atom is -0.0100 e. The number of aryl methyl sites for hydroxylation is 4. The van der Waals surface area contributed by atoms with E-state index in [2.05, 4.69) is 137 Å². The Hall–Kier alpha value is -3.90. The van der Waals surface area contributed by atoms with E-state index >= 15 is 0 Å². The molecule has 0 aliphatic carbocycles. The van der Waals surface area contributed by atoms with Crippen molar-refractivity contribution in [2.45, 2.75) is 27.7 Å². The van der Waals surface area contributed by atoms with Gasteiger partial charge in [-0.25, -0.2) is 0 Å². The molecule has 0 nitrogen and oxygen atoms in total. The molecule has 0 unspecified atom stereocenters. The molecule has 0 heterocycles. The molecule has 0 saturated carbocycles. The van der Waals surface area contributed by atoms with Crippen molar-refractivity contribution in [1.29, 1.82) is 0 Å². The lowest BCUT2D eigenvalue weighted by Crippen LogP contribution is -1.91. The Morgan fingerprint density at radius 1 is 0.324 bits per heavy atom. The standard InChI is InChI=1S/C34H30/c1-23-8-13-27(14-9-23)29-6-5-7-31(22-29)33-18-12-25(3)20-34(33)32-19-17-30(21-26(32)4)28-15-10-24(2)11-16-28/h5-22H,1-4H3. The Labute approximate surface area is 203 Å². The van der Waals surface area contributed by atoms with Gasteiger partial charge in [-0.15, -0.1) is 0 Å². The summed E-state index contributed by atoms with van der Waals surface area (Å²) in [4.78, 5) is 0. The van der Waals surface area contributed by atoms with Crippen LogP contribution in [0.5, 0.6) is 0 Å². The summed E-state index contributed by atoms with van der Waals surface area (Å²) in [5, 5.41) is 0. The highest BCUT2D eigenvalue weighted by atomic mass is 14.2. The van der Waals surface area contributed by atoms with Crippen LogP contribution < -0.4 is 0 Å². The first-order valence-corrected chi connectivity index (χ1v) is 11.9. The molecule has 0 aliphatic heterocycles. The minimum absolute atomic E-state index is 1.25. The van der Waals surface area contributed by atoms with Crippen LogP contribution in [0.25, 0.3) is 44.5 Å². The molecule has 0 fully saturated rings. The predicted octanol–water partition coefficient (Wildman–Crippen LogP) is 9.59. The van der Waals surface area contributed by atoms with Gasteiger partial charge >= 0.3 is 0 Å². The van der Waals surface area contributed by atoms with Gasteiger partial charge in [0, 0.05) is 0 Å². The molecule has 0 amide bonds. The van der Waals surface area contributed by atoms with Crippen molar-refractivity contribution in [3.05, 3.63) is 131 Å².